The van der Waals surface area contributed by atoms with Crippen LogP contribution in [0.15, 0.2) is 0 Å². The van der Waals surface area contributed by atoms with Crippen LogP contribution in [0, 0.1) is 5.92 Å². The van der Waals surface area contributed by atoms with Crippen molar-refractivity contribution in [2.45, 2.75) is 70.0 Å². The smallest absolute Gasteiger partial charge is 0.223 e. The number of amides is 1. The van der Waals surface area contributed by atoms with Crippen LogP contribution >= 0.6 is 0 Å². The summed E-state index contributed by atoms with van der Waals surface area (Å²) < 4.78 is 0. The molecule has 1 aliphatic heterocycles. The molecule has 1 saturated carbocycles. The topological polar surface area (TPSA) is 67.2 Å². The van der Waals surface area contributed by atoms with E-state index in [1.165, 1.54) is 19.3 Å². The van der Waals surface area contributed by atoms with E-state index in [1.54, 1.807) is 0 Å². The molecule has 2 aliphatic rings. The first-order valence-electron chi connectivity index (χ1n) is 7.46. The Bertz CT molecular complexity index is 276. The first-order valence-corrected chi connectivity index (χ1v) is 7.46. The van der Waals surface area contributed by atoms with Crippen molar-refractivity contribution in [1.82, 2.24) is 10.6 Å². The van der Waals surface area contributed by atoms with Crippen LogP contribution in [0.4, 0.5) is 0 Å². The van der Waals surface area contributed by atoms with Gasteiger partial charge in [0, 0.05) is 24.0 Å². The maximum absolute atomic E-state index is 12.2. The molecule has 0 radical (unpaired) electrons. The highest BCUT2D eigenvalue weighted by atomic mass is 16.1. The molecule has 1 heterocycles. The highest BCUT2D eigenvalue weighted by Gasteiger charge is 2.28. The average Bonchev–Trinajstić information content (AvgIpc) is 2.39. The van der Waals surface area contributed by atoms with Gasteiger partial charge in [0.1, 0.15) is 0 Å². The molecule has 2 rings (SSSR count). The van der Waals surface area contributed by atoms with Crippen LogP contribution in [0.5, 0.6) is 0 Å². The molecule has 0 aromatic rings. The fraction of sp³-hybridized carbons (Fsp3) is 0.929. The minimum Gasteiger partial charge on any atom is -0.352 e. The minimum atomic E-state index is 0.139. The van der Waals surface area contributed by atoms with E-state index in [0.717, 1.165) is 32.2 Å². The molecule has 0 spiro atoms. The fourth-order valence-corrected chi connectivity index (χ4v) is 3.21. The third-order valence-electron chi connectivity index (χ3n) is 4.41. The molecule has 4 heteroatoms. The maximum atomic E-state index is 12.2. The number of hydrogen-bond donors (Lipinski definition) is 3. The van der Waals surface area contributed by atoms with Gasteiger partial charge in [-0.15, -0.1) is 0 Å². The first-order chi connectivity index (χ1) is 8.66. The van der Waals surface area contributed by atoms with Crippen molar-refractivity contribution >= 4 is 5.91 Å². The number of nitrogens with two attached hydrogens (primary N) is 1. The van der Waals surface area contributed by atoms with Crippen molar-refractivity contribution in [2.75, 3.05) is 6.54 Å². The van der Waals surface area contributed by atoms with Gasteiger partial charge in [0.25, 0.3) is 0 Å². The lowest BCUT2D eigenvalue weighted by atomic mass is 9.85. The molecule has 18 heavy (non-hydrogen) atoms. The monoisotopic (exact) mass is 253 g/mol. The number of piperidine rings is 1. The fourth-order valence-electron chi connectivity index (χ4n) is 3.21. The molecule has 0 aromatic heterocycles. The summed E-state index contributed by atoms with van der Waals surface area (Å²) in [5.74, 6) is 0.352. The van der Waals surface area contributed by atoms with Crippen molar-refractivity contribution in [3.8, 4) is 0 Å². The van der Waals surface area contributed by atoms with E-state index in [-0.39, 0.29) is 23.9 Å². The summed E-state index contributed by atoms with van der Waals surface area (Å²) in [6.45, 7) is 3.20. The third kappa shape index (κ3) is 3.69. The lowest BCUT2D eigenvalue weighted by molar-refractivity contribution is -0.127. The zero-order valence-electron chi connectivity index (χ0n) is 11.5. The molecule has 4 N–H and O–H groups in total. The second-order valence-corrected chi connectivity index (χ2v) is 5.98. The van der Waals surface area contributed by atoms with Gasteiger partial charge in [0.15, 0.2) is 0 Å². The average molecular weight is 253 g/mol. The summed E-state index contributed by atoms with van der Waals surface area (Å²) in [5, 5.41) is 6.68. The molecular weight excluding hydrogens is 226 g/mol. The van der Waals surface area contributed by atoms with Gasteiger partial charge in [-0.3, -0.25) is 4.79 Å². The lowest BCUT2D eigenvalue weighted by Crippen LogP contribution is -2.52. The molecule has 0 bridgehead atoms. The van der Waals surface area contributed by atoms with Crippen LogP contribution in [-0.4, -0.2) is 30.6 Å². The molecule has 1 aliphatic carbocycles. The third-order valence-corrected chi connectivity index (χ3v) is 4.41. The van der Waals surface area contributed by atoms with Crippen LogP contribution < -0.4 is 16.4 Å². The number of hydrogen-bond acceptors (Lipinski definition) is 3. The van der Waals surface area contributed by atoms with Crippen LogP contribution in [0.25, 0.3) is 0 Å². The summed E-state index contributed by atoms with van der Waals surface area (Å²) in [5.41, 5.74) is 5.94. The van der Waals surface area contributed by atoms with Gasteiger partial charge in [-0.2, -0.15) is 0 Å². The van der Waals surface area contributed by atoms with Crippen LogP contribution in [0.3, 0.4) is 0 Å². The maximum Gasteiger partial charge on any atom is 0.223 e. The quantitative estimate of drug-likeness (QED) is 0.707. The molecule has 104 valence electrons. The van der Waals surface area contributed by atoms with E-state index < -0.39 is 0 Å². The van der Waals surface area contributed by atoms with Gasteiger partial charge in [-0.25, -0.2) is 0 Å². The molecule has 4 atom stereocenters. The van der Waals surface area contributed by atoms with Crippen LogP contribution in [-0.2, 0) is 4.79 Å². The normalized spacial score (nSPS) is 34.9. The number of nitrogens with one attached hydrogen (secondary N) is 2. The van der Waals surface area contributed by atoms with Crippen molar-refractivity contribution in [3.05, 3.63) is 0 Å². The zero-order chi connectivity index (χ0) is 13.0. The van der Waals surface area contributed by atoms with E-state index in [4.69, 9.17) is 5.73 Å². The molecule has 1 amide bonds. The highest BCUT2D eigenvalue weighted by Crippen LogP contribution is 2.23. The number of carbonyl (C=O) groups excluding carboxylic acids is 1. The molecule has 0 aromatic carbocycles. The van der Waals surface area contributed by atoms with E-state index in [0.29, 0.717) is 6.04 Å². The second-order valence-electron chi connectivity index (χ2n) is 5.98. The van der Waals surface area contributed by atoms with Gasteiger partial charge >= 0.3 is 0 Å². The lowest BCUT2D eigenvalue weighted by Gasteiger charge is -2.32. The Morgan fingerprint density at radius 2 is 2.11 bits per heavy atom. The molecular formula is C14H27N3O. The van der Waals surface area contributed by atoms with Crippen molar-refractivity contribution < 1.29 is 4.79 Å². The predicted molar refractivity (Wildman–Crippen MR) is 73.2 cm³/mol. The van der Waals surface area contributed by atoms with Gasteiger partial charge in [0.05, 0.1) is 0 Å². The Labute approximate surface area is 110 Å². The molecule has 2 fully saturated rings. The Hall–Kier alpha value is -0.610. The van der Waals surface area contributed by atoms with E-state index in [9.17, 15) is 4.79 Å². The van der Waals surface area contributed by atoms with E-state index in [2.05, 4.69) is 17.6 Å². The van der Waals surface area contributed by atoms with Crippen molar-refractivity contribution in [3.63, 3.8) is 0 Å². The summed E-state index contributed by atoms with van der Waals surface area (Å²) in [4.78, 5) is 12.2. The minimum absolute atomic E-state index is 0.139. The van der Waals surface area contributed by atoms with E-state index >= 15 is 0 Å². The number of carbonyl (C=O) groups is 1. The Morgan fingerprint density at radius 1 is 1.28 bits per heavy atom. The summed E-state index contributed by atoms with van der Waals surface area (Å²) in [7, 11) is 0. The zero-order valence-corrected chi connectivity index (χ0v) is 11.5. The van der Waals surface area contributed by atoms with Crippen LogP contribution in [0.2, 0.25) is 0 Å². The second kappa shape index (κ2) is 6.53. The Morgan fingerprint density at radius 3 is 2.78 bits per heavy atom. The molecule has 4 nitrogen and oxygen atoms in total. The van der Waals surface area contributed by atoms with Crippen molar-refractivity contribution in [2.24, 2.45) is 11.7 Å². The highest BCUT2D eigenvalue weighted by molar-refractivity contribution is 5.79. The number of rotatable bonds is 3. The van der Waals surface area contributed by atoms with E-state index in [1.807, 2.05) is 0 Å². The van der Waals surface area contributed by atoms with Gasteiger partial charge < -0.3 is 16.4 Å². The van der Waals surface area contributed by atoms with Crippen LogP contribution in [0.1, 0.15) is 51.9 Å². The Balaban J connectivity index is 1.78. The largest absolute Gasteiger partial charge is 0.352 e. The van der Waals surface area contributed by atoms with Gasteiger partial charge in [-0.05, 0) is 45.6 Å². The summed E-state index contributed by atoms with van der Waals surface area (Å²) >= 11 is 0. The first kappa shape index (κ1) is 13.8. The Kier molecular flexibility index (Phi) is 5.01. The standard InChI is InChI=1S/C14H27N3O/c1-10(13-7-2-3-8-16-13)17-14(18)11-5-4-6-12(15)9-11/h10-13,16H,2-9,15H2,1H3,(H,17,18). The van der Waals surface area contributed by atoms with Crippen molar-refractivity contribution in [1.29, 1.82) is 0 Å². The van der Waals surface area contributed by atoms with Gasteiger partial charge in [0.2, 0.25) is 5.91 Å². The summed E-state index contributed by atoms with van der Waals surface area (Å²) in [6, 6.07) is 0.897. The van der Waals surface area contributed by atoms with Gasteiger partial charge in [-0.1, -0.05) is 12.8 Å². The SMILES string of the molecule is CC(NC(=O)C1CCCC(N)C1)C1CCCCN1. The predicted octanol–water partition coefficient (Wildman–Crippen LogP) is 1.15. The summed E-state index contributed by atoms with van der Waals surface area (Å²) in [6.07, 6.45) is 7.73. The molecule has 4 unspecified atom stereocenters. The molecule has 1 saturated heterocycles.